The quantitative estimate of drug-likeness (QED) is 0.662. The summed E-state index contributed by atoms with van der Waals surface area (Å²) in [5.74, 6) is 0. The zero-order valence-electron chi connectivity index (χ0n) is 7.07. The Morgan fingerprint density at radius 1 is 1.15 bits per heavy atom. The summed E-state index contributed by atoms with van der Waals surface area (Å²) >= 11 is 4.27. The predicted molar refractivity (Wildman–Crippen MR) is 57.1 cm³/mol. The molecule has 13 heavy (non-hydrogen) atoms. The lowest BCUT2D eigenvalue weighted by Gasteiger charge is -2.04. The molecule has 0 fully saturated rings. The molecule has 0 aliphatic carbocycles. The van der Waals surface area contributed by atoms with Crippen LogP contribution in [0.4, 0.5) is 0 Å². The Labute approximate surface area is 82.4 Å². The maximum absolute atomic E-state index is 9.13. The molecule has 2 aromatic carbocycles. The van der Waals surface area contributed by atoms with Crippen molar-refractivity contribution in [1.82, 2.24) is 0 Å². The standard InChI is InChI=1S/C11H10OS/c12-7-9-6-10(13)5-8-3-1-2-4-11(8)9/h1-6,12-13H,7H2. The highest BCUT2D eigenvalue weighted by atomic mass is 32.1. The molecule has 0 amide bonds. The molecule has 2 rings (SSSR count). The Morgan fingerprint density at radius 3 is 2.69 bits per heavy atom. The summed E-state index contributed by atoms with van der Waals surface area (Å²) in [5.41, 5.74) is 0.933. The van der Waals surface area contributed by atoms with Gasteiger partial charge in [-0.25, -0.2) is 0 Å². The van der Waals surface area contributed by atoms with Crippen LogP contribution >= 0.6 is 12.6 Å². The number of aliphatic hydroxyl groups is 1. The molecular weight excluding hydrogens is 180 g/mol. The monoisotopic (exact) mass is 190 g/mol. The Bertz CT molecular complexity index is 437. The summed E-state index contributed by atoms with van der Waals surface area (Å²) in [6.45, 7) is 0.0644. The molecular formula is C11H10OS. The molecule has 2 heteroatoms. The molecule has 0 aliphatic rings. The van der Waals surface area contributed by atoms with Gasteiger partial charge >= 0.3 is 0 Å². The van der Waals surface area contributed by atoms with Crippen molar-refractivity contribution in [3.8, 4) is 0 Å². The lowest BCUT2D eigenvalue weighted by Crippen LogP contribution is -1.85. The molecule has 0 aliphatic heterocycles. The van der Waals surface area contributed by atoms with E-state index in [-0.39, 0.29) is 6.61 Å². The van der Waals surface area contributed by atoms with Gasteiger partial charge in [0.2, 0.25) is 0 Å². The molecule has 0 heterocycles. The average molecular weight is 190 g/mol. The third kappa shape index (κ3) is 1.55. The highest BCUT2D eigenvalue weighted by molar-refractivity contribution is 7.80. The van der Waals surface area contributed by atoms with Gasteiger partial charge in [-0.15, -0.1) is 12.6 Å². The van der Waals surface area contributed by atoms with Crippen molar-refractivity contribution in [2.24, 2.45) is 0 Å². The zero-order valence-corrected chi connectivity index (χ0v) is 7.96. The lowest BCUT2D eigenvalue weighted by atomic mass is 10.1. The van der Waals surface area contributed by atoms with Crippen LogP contribution in [0.15, 0.2) is 41.3 Å². The normalized spacial score (nSPS) is 10.6. The van der Waals surface area contributed by atoms with Crippen LogP contribution in [0.5, 0.6) is 0 Å². The van der Waals surface area contributed by atoms with Gasteiger partial charge in [0.05, 0.1) is 6.61 Å². The summed E-state index contributed by atoms with van der Waals surface area (Å²) in [4.78, 5) is 0.891. The van der Waals surface area contributed by atoms with Crippen LogP contribution in [0.2, 0.25) is 0 Å². The molecule has 0 atom stereocenters. The lowest BCUT2D eigenvalue weighted by molar-refractivity contribution is 0.283. The smallest absolute Gasteiger partial charge is 0.0688 e. The molecule has 0 unspecified atom stereocenters. The maximum Gasteiger partial charge on any atom is 0.0688 e. The first kappa shape index (κ1) is 8.60. The molecule has 0 saturated carbocycles. The van der Waals surface area contributed by atoms with Gasteiger partial charge in [-0.2, -0.15) is 0 Å². The minimum Gasteiger partial charge on any atom is -0.392 e. The van der Waals surface area contributed by atoms with E-state index >= 15 is 0 Å². The van der Waals surface area contributed by atoms with Gasteiger partial charge in [-0.1, -0.05) is 24.3 Å². The molecule has 1 N–H and O–H groups in total. The van der Waals surface area contributed by atoms with Gasteiger partial charge in [-0.3, -0.25) is 0 Å². The van der Waals surface area contributed by atoms with Crippen LogP contribution in [0, 0.1) is 0 Å². The van der Waals surface area contributed by atoms with Crippen molar-refractivity contribution in [1.29, 1.82) is 0 Å². The Morgan fingerprint density at radius 2 is 1.92 bits per heavy atom. The van der Waals surface area contributed by atoms with Gasteiger partial charge < -0.3 is 5.11 Å². The van der Waals surface area contributed by atoms with Crippen LogP contribution in [0.1, 0.15) is 5.56 Å². The van der Waals surface area contributed by atoms with E-state index in [9.17, 15) is 0 Å². The summed E-state index contributed by atoms with van der Waals surface area (Å²) in [7, 11) is 0. The third-order valence-electron chi connectivity index (χ3n) is 2.10. The van der Waals surface area contributed by atoms with Gasteiger partial charge in [0.25, 0.3) is 0 Å². The van der Waals surface area contributed by atoms with Crippen molar-refractivity contribution in [2.45, 2.75) is 11.5 Å². The molecule has 66 valence electrons. The number of fused-ring (bicyclic) bond motifs is 1. The van der Waals surface area contributed by atoms with Gasteiger partial charge in [-0.05, 0) is 28.5 Å². The Balaban J connectivity index is 2.81. The first-order valence-electron chi connectivity index (χ1n) is 4.13. The van der Waals surface area contributed by atoms with E-state index in [1.807, 2.05) is 36.4 Å². The summed E-state index contributed by atoms with van der Waals surface area (Å²) in [5, 5.41) is 11.4. The number of aliphatic hydroxyl groups excluding tert-OH is 1. The van der Waals surface area contributed by atoms with Crippen LogP contribution in [0.3, 0.4) is 0 Å². The second-order valence-electron chi connectivity index (χ2n) is 2.98. The fraction of sp³-hybridized carbons (Fsp3) is 0.0909. The van der Waals surface area contributed by atoms with Gasteiger partial charge in [0.15, 0.2) is 0 Å². The van der Waals surface area contributed by atoms with E-state index in [2.05, 4.69) is 12.6 Å². The molecule has 0 saturated heterocycles. The summed E-state index contributed by atoms with van der Waals surface area (Å²) in [6, 6.07) is 11.9. The van der Waals surface area contributed by atoms with E-state index in [4.69, 9.17) is 5.11 Å². The number of benzene rings is 2. The summed E-state index contributed by atoms with van der Waals surface area (Å²) in [6.07, 6.45) is 0. The average Bonchev–Trinajstić information content (AvgIpc) is 2.16. The second-order valence-corrected chi connectivity index (χ2v) is 3.50. The van der Waals surface area contributed by atoms with Crippen LogP contribution in [-0.4, -0.2) is 5.11 Å². The molecule has 2 aromatic rings. The topological polar surface area (TPSA) is 20.2 Å². The highest BCUT2D eigenvalue weighted by Gasteiger charge is 2.00. The van der Waals surface area contributed by atoms with E-state index in [1.54, 1.807) is 0 Å². The van der Waals surface area contributed by atoms with E-state index in [1.165, 1.54) is 0 Å². The third-order valence-corrected chi connectivity index (χ3v) is 2.36. The first-order chi connectivity index (χ1) is 6.31. The predicted octanol–water partition coefficient (Wildman–Crippen LogP) is 2.62. The largest absolute Gasteiger partial charge is 0.392 e. The zero-order chi connectivity index (χ0) is 9.26. The van der Waals surface area contributed by atoms with Crippen molar-refractivity contribution < 1.29 is 5.11 Å². The molecule has 0 bridgehead atoms. The fourth-order valence-corrected chi connectivity index (χ4v) is 1.80. The van der Waals surface area contributed by atoms with Gasteiger partial charge in [0.1, 0.15) is 0 Å². The molecule has 0 radical (unpaired) electrons. The molecule has 0 spiro atoms. The fourth-order valence-electron chi connectivity index (χ4n) is 1.50. The van der Waals surface area contributed by atoms with Crippen LogP contribution < -0.4 is 0 Å². The minimum absolute atomic E-state index is 0.0644. The second kappa shape index (κ2) is 3.40. The number of hydrogen-bond donors (Lipinski definition) is 2. The number of rotatable bonds is 1. The van der Waals surface area contributed by atoms with Crippen LogP contribution in [-0.2, 0) is 6.61 Å². The molecule has 0 aromatic heterocycles. The van der Waals surface area contributed by atoms with E-state index < -0.39 is 0 Å². The maximum atomic E-state index is 9.13. The Hall–Kier alpha value is -0.990. The van der Waals surface area contributed by atoms with Crippen LogP contribution in [0.25, 0.3) is 10.8 Å². The minimum atomic E-state index is 0.0644. The van der Waals surface area contributed by atoms with E-state index in [0.717, 1.165) is 21.2 Å². The van der Waals surface area contributed by atoms with Crippen molar-refractivity contribution in [3.05, 3.63) is 42.0 Å². The number of thiol groups is 1. The first-order valence-corrected chi connectivity index (χ1v) is 4.57. The SMILES string of the molecule is OCc1cc(S)cc2ccccc12. The van der Waals surface area contributed by atoms with Crippen molar-refractivity contribution in [3.63, 3.8) is 0 Å². The molecule has 1 nitrogen and oxygen atoms in total. The van der Waals surface area contributed by atoms with Crippen molar-refractivity contribution in [2.75, 3.05) is 0 Å². The Kier molecular flexibility index (Phi) is 2.25. The highest BCUT2D eigenvalue weighted by Crippen LogP contribution is 2.22. The van der Waals surface area contributed by atoms with Gasteiger partial charge in [0, 0.05) is 4.90 Å². The summed E-state index contributed by atoms with van der Waals surface area (Å²) < 4.78 is 0. The van der Waals surface area contributed by atoms with Crippen molar-refractivity contribution >= 4 is 23.4 Å². The van der Waals surface area contributed by atoms with E-state index in [0.29, 0.717) is 0 Å². The number of hydrogen-bond acceptors (Lipinski definition) is 2.